The number of barbiturate groups is 1. The van der Waals surface area contributed by atoms with Gasteiger partial charge in [0.1, 0.15) is 6.10 Å². The van der Waals surface area contributed by atoms with Crippen molar-refractivity contribution in [2.45, 2.75) is 24.9 Å². The standard InChI is InChI=1S/C23H24N2O8/c1-13(33-19(26)14-10-16(30-2)18(32-4)17(11-14)31-3)12-23(15-8-6-5-7-9-15)20(27)24-22(29)25-21(23)28/h5-11,13H,12H2,1-4H3,(H2,24,25,27,28,29)/t13-/m0/s1. The predicted octanol–water partition coefficient (Wildman–Crippen LogP) is 1.95. The normalized spacial score (nSPS) is 15.7. The second-order valence-corrected chi connectivity index (χ2v) is 7.34. The van der Waals surface area contributed by atoms with E-state index in [0.29, 0.717) is 11.3 Å². The zero-order valence-corrected chi connectivity index (χ0v) is 18.6. The lowest BCUT2D eigenvalue weighted by Crippen LogP contribution is -2.65. The molecular formula is C23H24N2O8. The van der Waals surface area contributed by atoms with Crippen LogP contribution in [0.25, 0.3) is 0 Å². The SMILES string of the molecule is COc1cc(C(=O)O[C@@H](C)CC2(c3ccccc3)C(=O)NC(=O)NC2=O)cc(OC)c1OC. The third-order valence-corrected chi connectivity index (χ3v) is 5.30. The fourth-order valence-electron chi connectivity index (χ4n) is 3.76. The van der Waals surface area contributed by atoms with Gasteiger partial charge in [0, 0.05) is 6.42 Å². The van der Waals surface area contributed by atoms with Crippen LogP contribution in [0.2, 0.25) is 0 Å². The largest absolute Gasteiger partial charge is 0.493 e. The second-order valence-electron chi connectivity index (χ2n) is 7.34. The highest BCUT2D eigenvalue weighted by molar-refractivity contribution is 6.23. The van der Waals surface area contributed by atoms with Crippen LogP contribution in [0.15, 0.2) is 42.5 Å². The number of rotatable bonds is 8. The molecule has 4 amide bonds. The summed E-state index contributed by atoms with van der Waals surface area (Å²) in [5.41, 5.74) is -1.27. The highest BCUT2D eigenvalue weighted by Crippen LogP contribution is 2.39. The summed E-state index contributed by atoms with van der Waals surface area (Å²) in [6.45, 7) is 1.55. The number of amides is 4. The molecule has 0 aromatic heterocycles. The zero-order chi connectivity index (χ0) is 24.2. The van der Waals surface area contributed by atoms with E-state index in [1.54, 1.807) is 37.3 Å². The Morgan fingerprint density at radius 1 is 0.909 bits per heavy atom. The monoisotopic (exact) mass is 456 g/mol. The van der Waals surface area contributed by atoms with Crippen LogP contribution >= 0.6 is 0 Å². The van der Waals surface area contributed by atoms with E-state index >= 15 is 0 Å². The Morgan fingerprint density at radius 3 is 1.94 bits per heavy atom. The van der Waals surface area contributed by atoms with Gasteiger partial charge in [0.05, 0.1) is 26.9 Å². The van der Waals surface area contributed by atoms with Crippen molar-refractivity contribution in [1.82, 2.24) is 10.6 Å². The minimum absolute atomic E-state index is 0.123. The van der Waals surface area contributed by atoms with Crippen molar-refractivity contribution in [2.75, 3.05) is 21.3 Å². The van der Waals surface area contributed by atoms with Crippen molar-refractivity contribution in [2.24, 2.45) is 0 Å². The molecule has 1 saturated heterocycles. The molecule has 0 spiro atoms. The van der Waals surface area contributed by atoms with Crippen molar-refractivity contribution >= 4 is 23.8 Å². The van der Waals surface area contributed by atoms with Gasteiger partial charge in [-0.15, -0.1) is 0 Å². The van der Waals surface area contributed by atoms with Gasteiger partial charge in [0.25, 0.3) is 0 Å². The van der Waals surface area contributed by atoms with Gasteiger partial charge in [-0.05, 0) is 24.6 Å². The Bertz CT molecular complexity index is 1040. The molecule has 174 valence electrons. The zero-order valence-electron chi connectivity index (χ0n) is 18.6. The first-order valence-corrected chi connectivity index (χ1v) is 10.00. The Morgan fingerprint density at radius 2 is 1.45 bits per heavy atom. The molecule has 0 bridgehead atoms. The van der Waals surface area contributed by atoms with E-state index in [0.717, 1.165) is 0 Å². The van der Waals surface area contributed by atoms with E-state index in [-0.39, 0.29) is 23.5 Å². The van der Waals surface area contributed by atoms with Crippen LogP contribution in [0.4, 0.5) is 4.79 Å². The fourth-order valence-corrected chi connectivity index (χ4v) is 3.76. The molecule has 1 heterocycles. The topological polar surface area (TPSA) is 129 Å². The van der Waals surface area contributed by atoms with Crippen LogP contribution in [0.5, 0.6) is 17.2 Å². The van der Waals surface area contributed by atoms with Gasteiger partial charge in [-0.1, -0.05) is 30.3 Å². The number of benzene rings is 2. The number of carbonyl (C=O) groups excluding carboxylic acids is 4. The minimum Gasteiger partial charge on any atom is -0.493 e. The summed E-state index contributed by atoms with van der Waals surface area (Å²) >= 11 is 0. The molecule has 1 atom stereocenters. The summed E-state index contributed by atoms with van der Waals surface area (Å²) in [6, 6.07) is 10.2. The van der Waals surface area contributed by atoms with E-state index < -0.39 is 35.3 Å². The van der Waals surface area contributed by atoms with Gasteiger partial charge in [0.15, 0.2) is 16.9 Å². The molecule has 0 radical (unpaired) electrons. The maximum atomic E-state index is 12.9. The average Bonchev–Trinajstić information content (AvgIpc) is 2.80. The molecule has 0 unspecified atom stereocenters. The number of hydrogen-bond donors (Lipinski definition) is 2. The summed E-state index contributed by atoms with van der Waals surface area (Å²) in [5.74, 6) is -1.47. The number of methoxy groups -OCH3 is 3. The molecule has 10 nitrogen and oxygen atoms in total. The fraction of sp³-hybridized carbons (Fsp3) is 0.304. The maximum Gasteiger partial charge on any atom is 0.338 e. The Labute approximate surface area is 190 Å². The van der Waals surface area contributed by atoms with Crippen molar-refractivity contribution in [3.05, 3.63) is 53.6 Å². The number of nitrogens with one attached hydrogen (secondary N) is 2. The van der Waals surface area contributed by atoms with Crippen LogP contribution in [0.1, 0.15) is 29.3 Å². The smallest absolute Gasteiger partial charge is 0.338 e. The van der Waals surface area contributed by atoms with Crippen molar-refractivity contribution in [3.8, 4) is 17.2 Å². The summed E-state index contributed by atoms with van der Waals surface area (Å²) < 4.78 is 21.3. The maximum absolute atomic E-state index is 12.9. The van der Waals surface area contributed by atoms with Crippen molar-refractivity contribution in [1.29, 1.82) is 0 Å². The van der Waals surface area contributed by atoms with E-state index in [1.165, 1.54) is 33.5 Å². The molecule has 1 fully saturated rings. The third kappa shape index (κ3) is 4.45. The van der Waals surface area contributed by atoms with Gasteiger partial charge < -0.3 is 18.9 Å². The quantitative estimate of drug-likeness (QED) is 0.456. The molecule has 2 aromatic carbocycles. The van der Waals surface area contributed by atoms with Gasteiger partial charge in [-0.25, -0.2) is 9.59 Å². The molecule has 1 aliphatic rings. The van der Waals surface area contributed by atoms with Gasteiger partial charge in [-0.3, -0.25) is 20.2 Å². The lowest BCUT2D eigenvalue weighted by atomic mass is 9.73. The lowest BCUT2D eigenvalue weighted by molar-refractivity contribution is -0.140. The van der Waals surface area contributed by atoms with E-state index in [2.05, 4.69) is 10.6 Å². The Hall–Kier alpha value is -4.08. The van der Waals surface area contributed by atoms with Gasteiger partial charge in [-0.2, -0.15) is 0 Å². The average molecular weight is 456 g/mol. The Balaban J connectivity index is 1.89. The second kappa shape index (κ2) is 9.60. The predicted molar refractivity (Wildman–Crippen MR) is 115 cm³/mol. The van der Waals surface area contributed by atoms with Gasteiger partial charge >= 0.3 is 12.0 Å². The molecule has 3 rings (SSSR count). The molecule has 1 aliphatic heterocycles. The third-order valence-electron chi connectivity index (χ3n) is 5.30. The van der Waals surface area contributed by atoms with Crippen molar-refractivity contribution in [3.63, 3.8) is 0 Å². The summed E-state index contributed by atoms with van der Waals surface area (Å²) in [5, 5.41) is 4.27. The number of urea groups is 1. The summed E-state index contributed by atoms with van der Waals surface area (Å²) in [7, 11) is 4.27. The van der Waals surface area contributed by atoms with Gasteiger partial charge in [0.2, 0.25) is 17.6 Å². The van der Waals surface area contributed by atoms with Crippen LogP contribution in [0, 0.1) is 0 Å². The number of esters is 1. The number of carbonyl (C=O) groups is 4. The molecule has 33 heavy (non-hydrogen) atoms. The summed E-state index contributed by atoms with van der Waals surface area (Å²) in [6.07, 6.45) is -1.08. The molecular weight excluding hydrogens is 432 g/mol. The number of hydrogen-bond acceptors (Lipinski definition) is 8. The van der Waals surface area contributed by atoms with Crippen LogP contribution in [-0.2, 0) is 19.7 Å². The first-order valence-electron chi connectivity index (χ1n) is 10.00. The van der Waals surface area contributed by atoms with Crippen LogP contribution < -0.4 is 24.8 Å². The molecule has 2 aromatic rings. The first kappa shape index (κ1) is 23.6. The number of imide groups is 2. The lowest BCUT2D eigenvalue weighted by Gasteiger charge is -2.35. The summed E-state index contributed by atoms with van der Waals surface area (Å²) in [4.78, 5) is 50.3. The van der Waals surface area contributed by atoms with Crippen LogP contribution in [0.3, 0.4) is 0 Å². The molecule has 2 N–H and O–H groups in total. The minimum atomic E-state index is -1.76. The van der Waals surface area contributed by atoms with Crippen molar-refractivity contribution < 1.29 is 38.1 Å². The molecule has 0 aliphatic carbocycles. The highest BCUT2D eigenvalue weighted by Gasteiger charge is 2.52. The first-order chi connectivity index (χ1) is 15.8. The van der Waals surface area contributed by atoms with E-state index in [4.69, 9.17) is 18.9 Å². The van der Waals surface area contributed by atoms with E-state index in [1.807, 2.05) is 0 Å². The van der Waals surface area contributed by atoms with E-state index in [9.17, 15) is 19.2 Å². The molecule has 10 heteroatoms. The molecule has 0 saturated carbocycles. The highest BCUT2D eigenvalue weighted by atomic mass is 16.5. The van der Waals surface area contributed by atoms with Crippen LogP contribution in [-0.4, -0.2) is 51.2 Å². The Kier molecular flexibility index (Phi) is 6.86. The number of ether oxygens (including phenoxy) is 4.